The lowest BCUT2D eigenvalue weighted by Crippen LogP contribution is -2.38. The summed E-state index contributed by atoms with van der Waals surface area (Å²) in [5.74, 6) is 1.72. The summed E-state index contributed by atoms with van der Waals surface area (Å²) in [5, 5.41) is 6.31. The van der Waals surface area contributed by atoms with Gasteiger partial charge in [0.25, 0.3) is 0 Å². The van der Waals surface area contributed by atoms with E-state index >= 15 is 0 Å². The number of amides is 1. The maximum atomic E-state index is 11.7. The van der Waals surface area contributed by atoms with Crippen LogP contribution in [0.15, 0.2) is 0 Å². The van der Waals surface area contributed by atoms with Gasteiger partial charge >= 0.3 is 0 Å². The molecule has 0 aromatic rings. The van der Waals surface area contributed by atoms with E-state index in [2.05, 4.69) is 16.9 Å². The van der Waals surface area contributed by atoms with Crippen molar-refractivity contribution in [1.82, 2.24) is 10.6 Å². The highest BCUT2D eigenvalue weighted by Gasteiger charge is 2.19. The van der Waals surface area contributed by atoms with Crippen LogP contribution in [0.5, 0.6) is 0 Å². The van der Waals surface area contributed by atoms with Gasteiger partial charge in [-0.3, -0.25) is 4.79 Å². The van der Waals surface area contributed by atoms with Crippen LogP contribution in [-0.4, -0.2) is 37.6 Å². The lowest BCUT2D eigenvalue weighted by Gasteiger charge is -2.21. The number of nitrogens with one attached hydrogen (secondary N) is 2. The minimum atomic E-state index is 0.256. The monoisotopic (exact) mass is 230 g/mol. The molecule has 1 aliphatic rings. The van der Waals surface area contributed by atoms with Crippen molar-refractivity contribution in [2.75, 3.05) is 31.6 Å². The summed E-state index contributed by atoms with van der Waals surface area (Å²) in [6.45, 7) is 2.83. The van der Waals surface area contributed by atoms with Crippen molar-refractivity contribution in [3.05, 3.63) is 0 Å². The fourth-order valence-corrected chi connectivity index (χ4v) is 2.30. The van der Waals surface area contributed by atoms with Crippen LogP contribution in [0.1, 0.15) is 25.7 Å². The summed E-state index contributed by atoms with van der Waals surface area (Å²) < 4.78 is 0. The van der Waals surface area contributed by atoms with E-state index in [0.29, 0.717) is 0 Å². The van der Waals surface area contributed by atoms with Gasteiger partial charge in [-0.25, -0.2) is 0 Å². The lowest BCUT2D eigenvalue weighted by atomic mass is 9.97. The average molecular weight is 230 g/mol. The van der Waals surface area contributed by atoms with E-state index < -0.39 is 0 Å². The van der Waals surface area contributed by atoms with Gasteiger partial charge in [-0.05, 0) is 50.8 Å². The van der Waals surface area contributed by atoms with Crippen molar-refractivity contribution >= 4 is 17.7 Å². The van der Waals surface area contributed by atoms with Gasteiger partial charge in [0.1, 0.15) is 0 Å². The molecule has 0 bridgehead atoms. The summed E-state index contributed by atoms with van der Waals surface area (Å²) in [6.07, 6.45) is 6.42. The van der Waals surface area contributed by atoms with Crippen molar-refractivity contribution in [2.24, 2.45) is 5.92 Å². The van der Waals surface area contributed by atoms with E-state index in [9.17, 15) is 4.79 Å². The molecule has 0 spiro atoms. The van der Waals surface area contributed by atoms with E-state index in [1.165, 1.54) is 12.2 Å². The van der Waals surface area contributed by atoms with Crippen LogP contribution < -0.4 is 10.6 Å². The van der Waals surface area contributed by atoms with E-state index in [1.807, 2.05) is 11.8 Å². The number of carbonyl (C=O) groups is 1. The molecule has 0 unspecified atom stereocenters. The summed E-state index contributed by atoms with van der Waals surface area (Å²) in [5.41, 5.74) is 0. The van der Waals surface area contributed by atoms with Crippen molar-refractivity contribution in [1.29, 1.82) is 0 Å². The minimum absolute atomic E-state index is 0.256. The molecular weight excluding hydrogens is 208 g/mol. The van der Waals surface area contributed by atoms with Gasteiger partial charge in [-0.2, -0.15) is 11.8 Å². The normalized spacial score (nSPS) is 17.7. The van der Waals surface area contributed by atoms with Crippen molar-refractivity contribution in [3.63, 3.8) is 0 Å². The standard InChI is InChI=1S/C11H22N2OS/c1-15-9-3-2-6-13-11(14)10-4-7-12-8-5-10/h10,12H,2-9H2,1H3,(H,13,14). The van der Waals surface area contributed by atoms with Crippen LogP contribution in [0.3, 0.4) is 0 Å². The predicted molar refractivity (Wildman–Crippen MR) is 66.2 cm³/mol. The zero-order valence-electron chi connectivity index (χ0n) is 9.55. The molecular formula is C11H22N2OS. The van der Waals surface area contributed by atoms with Crippen LogP contribution in [0.25, 0.3) is 0 Å². The SMILES string of the molecule is CSCCCCNC(=O)C1CCNCC1. The molecule has 15 heavy (non-hydrogen) atoms. The molecule has 1 rings (SSSR count). The summed E-state index contributed by atoms with van der Waals surface area (Å²) in [7, 11) is 0. The molecule has 0 aliphatic carbocycles. The molecule has 0 aromatic carbocycles. The van der Waals surface area contributed by atoms with Gasteiger partial charge in [0, 0.05) is 12.5 Å². The van der Waals surface area contributed by atoms with Crippen LogP contribution in [0.2, 0.25) is 0 Å². The second kappa shape index (κ2) is 7.99. The number of hydrogen-bond acceptors (Lipinski definition) is 3. The molecule has 1 amide bonds. The maximum Gasteiger partial charge on any atom is 0.223 e. The Labute approximate surface area is 96.8 Å². The predicted octanol–water partition coefficient (Wildman–Crippen LogP) is 1.25. The van der Waals surface area contributed by atoms with Gasteiger partial charge in [0.15, 0.2) is 0 Å². The molecule has 4 heteroatoms. The Kier molecular flexibility index (Phi) is 6.85. The highest BCUT2D eigenvalue weighted by molar-refractivity contribution is 7.98. The number of hydrogen-bond donors (Lipinski definition) is 2. The Bertz CT molecular complexity index is 181. The van der Waals surface area contributed by atoms with Crippen molar-refractivity contribution < 1.29 is 4.79 Å². The fraction of sp³-hybridized carbons (Fsp3) is 0.909. The molecule has 2 N–H and O–H groups in total. The smallest absolute Gasteiger partial charge is 0.223 e. The minimum Gasteiger partial charge on any atom is -0.356 e. The van der Waals surface area contributed by atoms with Gasteiger partial charge in [-0.1, -0.05) is 0 Å². The second-order valence-electron chi connectivity index (χ2n) is 4.02. The molecule has 1 aliphatic heterocycles. The molecule has 0 aromatic heterocycles. The third-order valence-electron chi connectivity index (χ3n) is 2.78. The van der Waals surface area contributed by atoms with Crippen molar-refractivity contribution in [3.8, 4) is 0 Å². The first-order valence-electron chi connectivity index (χ1n) is 5.82. The number of thioether (sulfide) groups is 1. The summed E-state index contributed by atoms with van der Waals surface area (Å²) >= 11 is 1.87. The summed E-state index contributed by atoms with van der Waals surface area (Å²) in [4.78, 5) is 11.7. The third-order valence-corrected chi connectivity index (χ3v) is 3.48. The van der Waals surface area contributed by atoms with E-state index in [-0.39, 0.29) is 11.8 Å². The number of carbonyl (C=O) groups excluding carboxylic acids is 1. The zero-order chi connectivity index (χ0) is 10.9. The van der Waals surface area contributed by atoms with Crippen molar-refractivity contribution in [2.45, 2.75) is 25.7 Å². The van der Waals surface area contributed by atoms with Crippen LogP contribution >= 0.6 is 11.8 Å². The molecule has 3 nitrogen and oxygen atoms in total. The first-order chi connectivity index (χ1) is 7.34. The molecule has 1 saturated heterocycles. The third kappa shape index (κ3) is 5.42. The Morgan fingerprint density at radius 3 is 2.80 bits per heavy atom. The van der Waals surface area contributed by atoms with E-state index in [4.69, 9.17) is 0 Å². The molecule has 0 saturated carbocycles. The highest BCUT2D eigenvalue weighted by atomic mass is 32.2. The van der Waals surface area contributed by atoms with Gasteiger partial charge < -0.3 is 10.6 Å². The molecule has 1 heterocycles. The lowest BCUT2D eigenvalue weighted by molar-refractivity contribution is -0.125. The van der Waals surface area contributed by atoms with E-state index in [0.717, 1.165) is 38.9 Å². The fourth-order valence-electron chi connectivity index (χ4n) is 1.81. The van der Waals surface area contributed by atoms with Gasteiger partial charge in [-0.15, -0.1) is 0 Å². The Morgan fingerprint density at radius 1 is 1.40 bits per heavy atom. The highest BCUT2D eigenvalue weighted by Crippen LogP contribution is 2.11. The van der Waals surface area contributed by atoms with E-state index in [1.54, 1.807) is 0 Å². The molecule has 0 radical (unpaired) electrons. The number of piperidine rings is 1. The number of rotatable bonds is 6. The Hall–Kier alpha value is -0.220. The first-order valence-corrected chi connectivity index (χ1v) is 7.21. The quantitative estimate of drug-likeness (QED) is 0.675. The zero-order valence-corrected chi connectivity index (χ0v) is 10.4. The van der Waals surface area contributed by atoms with Gasteiger partial charge in [0.2, 0.25) is 5.91 Å². The maximum absolute atomic E-state index is 11.7. The molecule has 88 valence electrons. The largest absolute Gasteiger partial charge is 0.356 e. The molecule has 0 atom stereocenters. The van der Waals surface area contributed by atoms with Crippen LogP contribution in [0.4, 0.5) is 0 Å². The Balaban J connectivity index is 2.02. The Morgan fingerprint density at radius 2 is 2.13 bits per heavy atom. The topological polar surface area (TPSA) is 41.1 Å². The van der Waals surface area contributed by atoms with Crippen LogP contribution in [-0.2, 0) is 4.79 Å². The number of unbranched alkanes of at least 4 members (excludes halogenated alkanes) is 1. The average Bonchev–Trinajstić information content (AvgIpc) is 2.30. The van der Waals surface area contributed by atoms with Crippen LogP contribution in [0, 0.1) is 5.92 Å². The first kappa shape index (κ1) is 12.8. The van der Waals surface area contributed by atoms with Gasteiger partial charge in [0.05, 0.1) is 0 Å². The summed E-state index contributed by atoms with van der Waals surface area (Å²) in [6, 6.07) is 0. The molecule has 1 fully saturated rings. The second-order valence-corrected chi connectivity index (χ2v) is 5.00.